The summed E-state index contributed by atoms with van der Waals surface area (Å²) in [5, 5.41) is 24.2. The van der Waals surface area contributed by atoms with Crippen molar-refractivity contribution in [3.63, 3.8) is 0 Å². The largest absolute Gasteiger partial charge is 0.453 e. The van der Waals surface area contributed by atoms with Crippen molar-refractivity contribution in [1.82, 2.24) is 31.4 Å². The number of carbonyl (C=O) groups is 4. The Balaban J connectivity index is 1.90. The van der Waals surface area contributed by atoms with E-state index in [1.807, 2.05) is 60.0 Å². The lowest BCUT2D eigenvalue weighted by Crippen LogP contribution is -2.59. The van der Waals surface area contributed by atoms with Gasteiger partial charge < -0.3 is 30.5 Å². The minimum absolute atomic E-state index is 0.0985. The van der Waals surface area contributed by atoms with Crippen LogP contribution in [0.25, 0.3) is 10.6 Å². The van der Waals surface area contributed by atoms with E-state index in [2.05, 4.69) is 26.4 Å². The molecule has 0 saturated carbocycles. The van der Waals surface area contributed by atoms with Crippen LogP contribution in [0.5, 0.6) is 0 Å². The van der Waals surface area contributed by atoms with Gasteiger partial charge in [-0.05, 0) is 36.3 Å². The van der Waals surface area contributed by atoms with Gasteiger partial charge in [0.15, 0.2) is 0 Å². The number of hydrazine groups is 1. The van der Waals surface area contributed by atoms with Crippen LogP contribution in [-0.4, -0.2) is 83.6 Å². The molecule has 0 aliphatic carbocycles. The van der Waals surface area contributed by atoms with Crippen molar-refractivity contribution in [2.24, 2.45) is 11.8 Å². The highest BCUT2D eigenvalue weighted by molar-refractivity contribution is 7.13. The van der Waals surface area contributed by atoms with Crippen molar-refractivity contribution in [2.45, 2.75) is 71.8 Å². The van der Waals surface area contributed by atoms with Gasteiger partial charge in [-0.3, -0.25) is 15.0 Å². The number of nitrogens with zero attached hydrogens (tertiary/aromatic N) is 2. The van der Waals surface area contributed by atoms with E-state index < -0.39 is 48.2 Å². The molecule has 4 amide bonds. The Labute approximate surface area is 291 Å². The number of ether oxygens (including phenoxy) is 2. The van der Waals surface area contributed by atoms with Crippen molar-refractivity contribution in [3.8, 4) is 10.6 Å². The fourth-order valence-electron chi connectivity index (χ4n) is 5.05. The van der Waals surface area contributed by atoms with Crippen LogP contribution in [0.1, 0.15) is 45.7 Å². The van der Waals surface area contributed by atoms with Gasteiger partial charge in [-0.2, -0.15) is 0 Å². The second-order valence-corrected chi connectivity index (χ2v) is 13.1. The molecule has 266 valence electrons. The van der Waals surface area contributed by atoms with Crippen LogP contribution in [0, 0.1) is 11.8 Å². The quantitative estimate of drug-likeness (QED) is 0.131. The van der Waals surface area contributed by atoms with E-state index in [0.717, 1.165) is 21.7 Å². The predicted molar refractivity (Wildman–Crippen MR) is 187 cm³/mol. The molecule has 3 aromatic rings. The van der Waals surface area contributed by atoms with E-state index in [-0.39, 0.29) is 38.0 Å². The summed E-state index contributed by atoms with van der Waals surface area (Å²) in [4.78, 5) is 55.8. The lowest BCUT2D eigenvalue weighted by Gasteiger charge is -2.33. The lowest BCUT2D eigenvalue weighted by atomic mass is 9.98. The predicted octanol–water partition coefficient (Wildman–Crippen LogP) is 3.88. The average molecular weight is 697 g/mol. The van der Waals surface area contributed by atoms with Gasteiger partial charge in [0.25, 0.3) is 5.91 Å². The van der Waals surface area contributed by atoms with Crippen molar-refractivity contribution >= 4 is 35.3 Å². The van der Waals surface area contributed by atoms with Crippen molar-refractivity contribution in [2.75, 3.05) is 20.3 Å². The van der Waals surface area contributed by atoms with Crippen LogP contribution in [0.4, 0.5) is 9.59 Å². The third-order valence-electron chi connectivity index (χ3n) is 7.68. The molecule has 5 N–H and O–H groups in total. The van der Waals surface area contributed by atoms with Gasteiger partial charge in [0, 0.05) is 30.2 Å². The Morgan fingerprint density at radius 1 is 0.857 bits per heavy atom. The summed E-state index contributed by atoms with van der Waals surface area (Å²) in [7, 11) is 1.22. The number of hydrogen-bond acceptors (Lipinski definition) is 10. The molecule has 49 heavy (non-hydrogen) atoms. The SMILES string of the molecule is CCOC(=O)N[C@H](C(=O)NN(Cc1ccc(-c2nccs2)cc1)C[C@H](O)[C@H](Cc1ccccc1)NC(=O)[C@@H](NC(=O)OC)C(C)C)C(C)C. The van der Waals surface area contributed by atoms with Gasteiger partial charge in [0.1, 0.15) is 17.1 Å². The topological polar surface area (TPSA) is 171 Å². The minimum Gasteiger partial charge on any atom is -0.453 e. The number of thiazole rings is 1. The smallest absolute Gasteiger partial charge is 0.407 e. The second-order valence-electron chi connectivity index (χ2n) is 12.2. The number of aliphatic hydroxyl groups is 1. The first kappa shape index (κ1) is 38.9. The highest BCUT2D eigenvalue weighted by Gasteiger charge is 2.32. The molecule has 0 aliphatic heterocycles. The maximum Gasteiger partial charge on any atom is 0.407 e. The number of hydrogen-bond donors (Lipinski definition) is 5. The summed E-state index contributed by atoms with van der Waals surface area (Å²) in [6.45, 7) is 9.08. The van der Waals surface area contributed by atoms with E-state index in [1.54, 1.807) is 45.8 Å². The molecule has 0 saturated heterocycles. The van der Waals surface area contributed by atoms with Gasteiger partial charge in [-0.25, -0.2) is 19.6 Å². The van der Waals surface area contributed by atoms with Crippen molar-refractivity contribution < 1.29 is 33.8 Å². The number of rotatable bonds is 17. The summed E-state index contributed by atoms with van der Waals surface area (Å²) in [6.07, 6.45) is -0.658. The molecule has 0 bridgehead atoms. The summed E-state index contributed by atoms with van der Waals surface area (Å²) < 4.78 is 9.72. The lowest BCUT2D eigenvalue weighted by molar-refractivity contribution is -0.131. The van der Waals surface area contributed by atoms with E-state index in [4.69, 9.17) is 9.47 Å². The summed E-state index contributed by atoms with van der Waals surface area (Å²) in [6, 6.07) is 14.4. The Hall–Kier alpha value is -4.53. The molecule has 13 nitrogen and oxygen atoms in total. The fraction of sp³-hybridized carbons (Fsp3) is 0.457. The zero-order valence-electron chi connectivity index (χ0n) is 28.8. The maximum atomic E-state index is 13.6. The Morgan fingerprint density at radius 3 is 2.06 bits per heavy atom. The van der Waals surface area contributed by atoms with Crippen molar-refractivity contribution in [1.29, 1.82) is 0 Å². The number of methoxy groups -OCH3 is 1. The molecule has 2 aromatic carbocycles. The fourth-order valence-corrected chi connectivity index (χ4v) is 5.69. The molecule has 0 fully saturated rings. The van der Waals surface area contributed by atoms with Crippen LogP contribution in [0.3, 0.4) is 0 Å². The molecule has 14 heteroatoms. The standard InChI is InChI=1S/C35H48N6O7S/c1-7-48-35(46)39-30(23(4)5)32(44)40-41(20-25-13-15-26(16-14-25)33-36-17-18-49-33)21-28(42)27(19-24-11-9-8-10-12-24)37-31(43)29(22(2)3)38-34(45)47-6/h8-18,22-23,27-30,42H,7,19-21H2,1-6H3,(H,37,43)(H,38,45)(H,39,46)(H,40,44)/t27-,28-,29-,30-/m0/s1. The van der Waals surface area contributed by atoms with Crippen molar-refractivity contribution in [3.05, 3.63) is 77.3 Å². The van der Waals surface area contributed by atoms with Crippen LogP contribution in [0.2, 0.25) is 0 Å². The first-order valence-corrected chi connectivity index (χ1v) is 17.1. The molecule has 3 rings (SSSR count). The molecule has 1 heterocycles. The van der Waals surface area contributed by atoms with Crippen LogP contribution < -0.4 is 21.4 Å². The summed E-state index contributed by atoms with van der Waals surface area (Å²) in [5.41, 5.74) is 5.52. The van der Waals surface area contributed by atoms with E-state index in [9.17, 15) is 24.3 Å². The first-order valence-electron chi connectivity index (χ1n) is 16.3. The Bertz CT molecular complexity index is 1470. The monoisotopic (exact) mass is 696 g/mol. The van der Waals surface area contributed by atoms with E-state index in [0.29, 0.717) is 0 Å². The summed E-state index contributed by atoms with van der Waals surface area (Å²) >= 11 is 1.52. The highest BCUT2D eigenvalue weighted by atomic mass is 32.1. The average Bonchev–Trinajstić information content (AvgIpc) is 3.61. The minimum atomic E-state index is -1.19. The number of aromatic nitrogens is 1. The third kappa shape index (κ3) is 12.5. The number of carbonyl (C=O) groups excluding carboxylic acids is 4. The van der Waals surface area contributed by atoms with Crippen LogP contribution in [0.15, 0.2) is 66.2 Å². The molecule has 0 aliphatic rings. The highest BCUT2D eigenvalue weighted by Crippen LogP contribution is 2.22. The molecular formula is C35H48N6O7S. The van der Waals surface area contributed by atoms with Gasteiger partial charge in [0.2, 0.25) is 5.91 Å². The Kier molecular flexibility index (Phi) is 15.5. The van der Waals surface area contributed by atoms with Gasteiger partial charge >= 0.3 is 12.2 Å². The maximum absolute atomic E-state index is 13.6. The Morgan fingerprint density at radius 2 is 1.49 bits per heavy atom. The van der Waals surface area contributed by atoms with Crippen LogP contribution >= 0.6 is 11.3 Å². The molecular weight excluding hydrogens is 648 g/mol. The molecule has 0 radical (unpaired) electrons. The normalized spacial score (nSPS) is 13.7. The number of benzene rings is 2. The van der Waals surface area contributed by atoms with E-state index >= 15 is 0 Å². The van der Waals surface area contributed by atoms with Gasteiger partial charge in [-0.15, -0.1) is 11.3 Å². The van der Waals surface area contributed by atoms with Gasteiger partial charge in [0.05, 0.1) is 25.9 Å². The number of nitrogens with one attached hydrogen (secondary N) is 4. The number of alkyl carbamates (subject to hydrolysis) is 2. The van der Waals surface area contributed by atoms with Crippen LogP contribution in [-0.2, 0) is 32.0 Å². The summed E-state index contributed by atoms with van der Waals surface area (Å²) in [5.74, 6) is -1.56. The number of amides is 4. The molecule has 0 unspecified atom stereocenters. The number of aliphatic hydroxyl groups excluding tert-OH is 1. The molecule has 4 atom stereocenters. The zero-order chi connectivity index (χ0) is 35.9. The van der Waals surface area contributed by atoms with Gasteiger partial charge in [-0.1, -0.05) is 82.3 Å². The zero-order valence-corrected chi connectivity index (χ0v) is 29.7. The van der Waals surface area contributed by atoms with E-state index in [1.165, 1.54) is 18.4 Å². The second kappa shape index (κ2) is 19.5. The first-order chi connectivity index (χ1) is 23.4. The molecule has 0 spiro atoms. The third-order valence-corrected chi connectivity index (χ3v) is 8.50. The molecule has 1 aromatic heterocycles.